The molecule has 40 heavy (non-hydrogen) atoms. The van der Waals surface area contributed by atoms with Crippen LogP contribution in [0.25, 0.3) is 0 Å². The molecular weight excluding hydrogens is 544 g/mol. The minimum absolute atomic E-state index is 0.0432. The number of aromatic nitrogens is 2. The summed E-state index contributed by atoms with van der Waals surface area (Å²) in [5.41, 5.74) is 9.73. The van der Waals surface area contributed by atoms with E-state index in [0.717, 1.165) is 12.1 Å². The molecule has 3 heterocycles. The molecule has 1 aliphatic heterocycles. The number of nitrogens with two attached hydrogens (primary N) is 1. The van der Waals surface area contributed by atoms with Crippen LogP contribution < -0.4 is 16.0 Å². The smallest absolute Gasteiger partial charge is 0.234 e. The zero-order chi connectivity index (χ0) is 28.6. The molecule has 1 atom stereocenters. The first kappa shape index (κ1) is 27.7. The number of furan rings is 1. The van der Waals surface area contributed by atoms with Gasteiger partial charge in [-0.1, -0.05) is 56.0 Å². The van der Waals surface area contributed by atoms with Crippen LogP contribution in [0.4, 0.5) is 10.8 Å². The van der Waals surface area contributed by atoms with Gasteiger partial charge in [-0.05, 0) is 55.0 Å². The number of Topliss-reactive ketones (excluding diaryl/α,β-unsaturated/α-hetero) is 1. The van der Waals surface area contributed by atoms with Crippen molar-refractivity contribution in [1.82, 2.24) is 10.2 Å². The maximum Gasteiger partial charge on any atom is 0.234 e. The van der Waals surface area contributed by atoms with E-state index in [0.29, 0.717) is 45.1 Å². The van der Waals surface area contributed by atoms with E-state index in [1.165, 1.54) is 28.7 Å². The molecule has 2 aromatic heterocycles. The molecule has 11 heteroatoms. The number of benzene rings is 1. The van der Waals surface area contributed by atoms with Gasteiger partial charge in [-0.25, -0.2) is 0 Å². The number of amides is 1. The second-order valence-corrected chi connectivity index (χ2v) is 12.8. The topological polar surface area (TPSA) is 138 Å². The molecule has 0 bridgehead atoms. The summed E-state index contributed by atoms with van der Waals surface area (Å²) in [6.07, 6.45) is 1.84. The maximum atomic E-state index is 13.6. The highest BCUT2D eigenvalue weighted by Crippen LogP contribution is 2.51. The molecule has 206 valence electrons. The summed E-state index contributed by atoms with van der Waals surface area (Å²) in [4.78, 5) is 27.8. The predicted molar refractivity (Wildman–Crippen MR) is 156 cm³/mol. The number of carbonyl (C=O) groups is 2. The second-order valence-electron chi connectivity index (χ2n) is 10.7. The molecule has 0 saturated heterocycles. The predicted octanol–water partition coefficient (Wildman–Crippen LogP) is 5.67. The van der Waals surface area contributed by atoms with Gasteiger partial charge in [0.15, 0.2) is 10.1 Å². The van der Waals surface area contributed by atoms with E-state index in [4.69, 9.17) is 10.2 Å². The van der Waals surface area contributed by atoms with Gasteiger partial charge in [-0.3, -0.25) is 14.5 Å². The molecule has 0 radical (unpaired) electrons. The molecule has 5 rings (SSSR count). The van der Waals surface area contributed by atoms with Crippen LogP contribution in [0, 0.1) is 23.7 Å². The number of ketones is 1. The van der Waals surface area contributed by atoms with Gasteiger partial charge >= 0.3 is 0 Å². The number of rotatable bonds is 7. The Kier molecular flexibility index (Phi) is 7.57. The average Bonchev–Trinajstić information content (AvgIpc) is 3.55. The fourth-order valence-corrected chi connectivity index (χ4v) is 6.80. The van der Waals surface area contributed by atoms with Gasteiger partial charge in [0.05, 0.1) is 23.3 Å². The Morgan fingerprint density at radius 3 is 2.65 bits per heavy atom. The van der Waals surface area contributed by atoms with Gasteiger partial charge in [0.1, 0.15) is 17.3 Å². The molecule has 1 unspecified atom stereocenters. The highest BCUT2D eigenvalue weighted by atomic mass is 32.2. The largest absolute Gasteiger partial charge is 0.465 e. The first-order chi connectivity index (χ1) is 19.1. The van der Waals surface area contributed by atoms with Crippen LogP contribution in [-0.2, 0) is 16.0 Å². The van der Waals surface area contributed by atoms with E-state index >= 15 is 0 Å². The minimum Gasteiger partial charge on any atom is -0.465 e. The number of nitrogens with zero attached hydrogens (tertiary/aromatic N) is 4. The summed E-state index contributed by atoms with van der Waals surface area (Å²) in [5, 5.41) is 22.1. The Bertz CT molecular complexity index is 1580. The molecule has 9 nitrogen and oxygen atoms in total. The number of aryl methyl sites for hydroxylation is 2. The van der Waals surface area contributed by atoms with Gasteiger partial charge in [0.25, 0.3) is 0 Å². The molecule has 0 saturated carbocycles. The summed E-state index contributed by atoms with van der Waals surface area (Å²) >= 11 is 2.53. The Morgan fingerprint density at radius 1 is 1.25 bits per heavy atom. The van der Waals surface area contributed by atoms with Crippen molar-refractivity contribution in [2.24, 2.45) is 11.1 Å². The number of nitriles is 1. The summed E-state index contributed by atoms with van der Waals surface area (Å²) in [5.74, 6) is 0.679. The molecular formula is C29H30N6O3S2. The lowest BCUT2D eigenvalue weighted by molar-refractivity contribution is -0.118. The third-order valence-corrected chi connectivity index (χ3v) is 9.03. The SMILES string of the molecule is CCc1ccc(NC(=O)CSc2nnc(N3C(N)=C(C#N)C(c4ccc(C)o4)C4=C3CC(C)(C)CC4=O)s2)cc1. The van der Waals surface area contributed by atoms with E-state index in [2.05, 4.69) is 28.5 Å². The van der Waals surface area contributed by atoms with Gasteiger partial charge < -0.3 is 15.5 Å². The monoisotopic (exact) mass is 574 g/mol. The van der Waals surface area contributed by atoms with Crippen molar-refractivity contribution in [2.75, 3.05) is 16.0 Å². The van der Waals surface area contributed by atoms with Gasteiger partial charge in [0.2, 0.25) is 11.0 Å². The summed E-state index contributed by atoms with van der Waals surface area (Å²) in [6, 6.07) is 13.6. The zero-order valence-corrected chi connectivity index (χ0v) is 24.4. The van der Waals surface area contributed by atoms with E-state index in [-0.39, 0.29) is 34.3 Å². The number of allylic oxidation sites excluding steroid dienone is 3. The Hall–Kier alpha value is -3.88. The molecule has 1 aromatic carbocycles. The summed E-state index contributed by atoms with van der Waals surface area (Å²) in [6.45, 7) is 7.97. The summed E-state index contributed by atoms with van der Waals surface area (Å²) < 4.78 is 6.47. The van der Waals surface area contributed by atoms with Gasteiger partial charge in [-0.15, -0.1) is 10.2 Å². The first-order valence-electron chi connectivity index (χ1n) is 13.0. The van der Waals surface area contributed by atoms with E-state index in [1.807, 2.05) is 51.1 Å². The molecule has 2 aliphatic rings. The van der Waals surface area contributed by atoms with Crippen LogP contribution >= 0.6 is 23.1 Å². The minimum atomic E-state index is -0.676. The van der Waals surface area contributed by atoms with Crippen LogP contribution in [0.3, 0.4) is 0 Å². The number of hydrogen-bond donors (Lipinski definition) is 2. The van der Waals surface area contributed by atoms with Crippen molar-refractivity contribution < 1.29 is 14.0 Å². The lowest BCUT2D eigenvalue weighted by Crippen LogP contribution is -2.42. The van der Waals surface area contributed by atoms with Crippen molar-refractivity contribution in [3.05, 3.63) is 76.1 Å². The van der Waals surface area contributed by atoms with Crippen molar-refractivity contribution in [3.8, 4) is 6.07 Å². The number of hydrogen-bond acceptors (Lipinski definition) is 10. The highest BCUT2D eigenvalue weighted by molar-refractivity contribution is 8.01. The Labute approximate surface area is 241 Å². The average molecular weight is 575 g/mol. The third-order valence-electron chi connectivity index (χ3n) is 6.99. The zero-order valence-electron chi connectivity index (χ0n) is 22.8. The van der Waals surface area contributed by atoms with Crippen LogP contribution in [-0.4, -0.2) is 27.6 Å². The summed E-state index contributed by atoms with van der Waals surface area (Å²) in [7, 11) is 0. The van der Waals surface area contributed by atoms with E-state index in [9.17, 15) is 14.9 Å². The van der Waals surface area contributed by atoms with Crippen molar-refractivity contribution in [3.63, 3.8) is 0 Å². The number of carbonyl (C=O) groups excluding carboxylic acids is 2. The lowest BCUT2D eigenvalue weighted by atomic mass is 9.69. The lowest BCUT2D eigenvalue weighted by Gasteiger charge is -2.42. The number of anilines is 2. The number of thioether (sulfide) groups is 1. The fourth-order valence-electron chi connectivity index (χ4n) is 5.12. The van der Waals surface area contributed by atoms with E-state index in [1.54, 1.807) is 11.0 Å². The highest BCUT2D eigenvalue weighted by Gasteiger charge is 2.46. The molecule has 1 aliphatic carbocycles. The standard InChI is InChI=1S/C29H30N6O3S2/c1-5-17-7-9-18(10-8-17)32-23(37)15-39-28-34-33-27(40-28)35-20-12-29(3,4)13-21(36)25(20)24(19(14-30)26(35)31)22-11-6-16(2)38-22/h6-11,24H,5,12-13,15,31H2,1-4H3,(H,32,37). The quantitative estimate of drug-likeness (QED) is 0.342. The van der Waals surface area contributed by atoms with Crippen molar-refractivity contribution in [1.29, 1.82) is 5.26 Å². The Morgan fingerprint density at radius 2 is 2.00 bits per heavy atom. The van der Waals surface area contributed by atoms with Gasteiger partial charge in [-0.2, -0.15) is 5.26 Å². The Balaban J connectivity index is 1.42. The van der Waals surface area contributed by atoms with E-state index < -0.39 is 5.92 Å². The van der Waals surface area contributed by atoms with Crippen LogP contribution in [0.1, 0.15) is 56.6 Å². The molecule has 0 spiro atoms. The van der Waals surface area contributed by atoms with Crippen LogP contribution in [0.5, 0.6) is 0 Å². The van der Waals surface area contributed by atoms with Crippen molar-refractivity contribution >= 4 is 45.6 Å². The van der Waals surface area contributed by atoms with Gasteiger partial charge in [0, 0.05) is 23.4 Å². The fraction of sp³-hybridized carbons (Fsp3) is 0.345. The molecule has 0 fully saturated rings. The maximum absolute atomic E-state index is 13.6. The number of nitrogens with one attached hydrogen (secondary N) is 1. The molecule has 3 aromatic rings. The normalized spacial score (nSPS) is 18.5. The molecule has 3 N–H and O–H groups in total. The van der Waals surface area contributed by atoms with Crippen molar-refractivity contribution in [2.45, 2.75) is 57.2 Å². The third kappa shape index (κ3) is 5.42. The second kappa shape index (κ2) is 10.9. The molecule has 1 amide bonds. The van der Waals surface area contributed by atoms with Crippen LogP contribution in [0.15, 0.2) is 67.8 Å². The van der Waals surface area contributed by atoms with Crippen LogP contribution in [0.2, 0.25) is 0 Å². The first-order valence-corrected chi connectivity index (χ1v) is 14.8.